The Hall–Kier alpha value is -1.02. The molecule has 0 bridgehead atoms. The lowest BCUT2D eigenvalue weighted by Gasteiger charge is -2.26. The fourth-order valence-corrected chi connectivity index (χ4v) is 3.59. The number of aryl methyl sites for hydroxylation is 1. The van der Waals surface area contributed by atoms with E-state index in [1.807, 2.05) is 0 Å². The van der Waals surface area contributed by atoms with Crippen molar-refractivity contribution in [3.05, 3.63) is 29.3 Å². The predicted molar refractivity (Wildman–Crippen MR) is 81.2 cm³/mol. The van der Waals surface area contributed by atoms with Gasteiger partial charge in [0.2, 0.25) is 0 Å². The molecule has 2 atom stereocenters. The quantitative estimate of drug-likeness (QED) is 0.847. The summed E-state index contributed by atoms with van der Waals surface area (Å²) in [7, 11) is 0. The van der Waals surface area contributed by atoms with E-state index in [1.165, 1.54) is 30.4 Å². The molecule has 2 aliphatic rings. The summed E-state index contributed by atoms with van der Waals surface area (Å²) < 4.78 is 5.55. The van der Waals surface area contributed by atoms with Gasteiger partial charge in [-0.15, -0.1) is 0 Å². The van der Waals surface area contributed by atoms with Gasteiger partial charge >= 0.3 is 0 Å². The van der Waals surface area contributed by atoms with Gasteiger partial charge in [-0.25, -0.2) is 0 Å². The van der Waals surface area contributed by atoms with Gasteiger partial charge in [0.15, 0.2) is 0 Å². The van der Waals surface area contributed by atoms with Crippen molar-refractivity contribution >= 4 is 0 Å². The van der Waals surface area contributed by atoms with Gasteiger partial charge in [-0.3, -0.25) is 0 Å². The Kier molecular flexibility index (Phi) is 4.02. The molecule has 2 heteroatoms. The Labute approximate surface area is 122 Å². The van der Waals surface area contributed by atoms with Crippen LogP contribution in [0.25, 0.3) is 0 Å². The summed E-state index contributed by atoms with van der Waals surface area (Å²) in [6, 6.07) is 6.52. The van der Waals surface area contributed by atoms with Crippen LogP contribution in [0.2, 0.25) is 0 Å². The van der Waals surface area contributed by atoms with E-state index in [-0.39, 0.29) is 0 Å². The van der Waals surface area contributed by atoms with E-state index in [2.05, 4.69) is 25.1 Å². The molecule has 0 aromatic heterocycles. The zero-order valence-corrected chi connectivity index (χ0v) is 12.5. The third-order valence-corrected chi connectivity index (χ3v) is 5.07. The van der Waals surface area contributed by atoms with Crippen LogP contribution < -0.4 is 4.74 Å². The molecule has 0 amide bonds. The summed E-state index contributed by atoms with van der Waals surface area (Å²) in [5.41, 5.74) is 2.25. The summed E-state index contributed by atoms with van der Waals surface area (Å²) >= 11 is 0. The van der Waals surface area contributed by atoms with Gasteiger partial charge in [-0.2, -0.15) is 0 Å². The molecule has 1 aliphatic carbocycles. The SMILES string of the molecule is CC1CCCC(O)(CCc2ccc3c(c2)CCO3)CC1. The molecule has 0 saturated heterocycles. The third kappa shape index (κ3) is 3.17. The molecular weight excluding hydrogens is 248 g/mol. The van der Waals surface area contributed by atoms with E-state index < -0.39 is 5.60 Å². The molecule has 110 valence electrons. The Morgan fingerprint density at radius 1 is 1.30 bits per heavy atom. The summed E-state index contributed by atoms with van der Waals surface area (Å²) in [6.45, 7) is 3.13. The fraction of sp³-hybridized carbons (Fsp3) is 0.667. The maximum Gasteiger partial charge on any atom is 0.122 e. The van der Waals surface area contributed by atoms with E-state index in [1.54, 1.807) is 0 Å². The molecule has 1 saturated carbocycles. The minimum Gasteiger partial charge on any atom is -0.493 e. The van der Waals surface area contributed by atoms with Crippen LogP contribution in [0.3, 0.4) is 0 Å². The average molecular weight is 274 g/mol. The zero-order chi connectivity index (χ0) is 14.0. The summed E-state index contributed by atoms with van der Waals surface area (Å²) in [5.74, 6) is 1.83. The number of benzene rings is 1. The summed E-state index contributed by atoms with van der Waals surface area (Å²) in [4.78, 5) is 0. The normalized spacial score (nSPS) is 29.6. The van der Waals surface area contributed by atoms with E-state index in [0.717, 1.165) is 50.4 Å². The molecule has 0 spiro atoms. The van der Waals surface area contributed by atoms with Gasteiger partial charge in [0.05, 0.1) is 12.2 Å². The monoisotopic (exact) mass is 274 g/mol. The molecule has 1 N–H and O–H groups in total. The van der Waals surface area contributed by atoms with Crippen molar-refractivity contribution in [2.24, 2.45) is 5.92 Å². The Morgan fingerprint density at radius 2 is 2.20 bits per heavy atom. The molecule has 1 aliphatic heterocycles. The first kappa shape index (κ1) is 13.9. The minimum atomic E-state index is -0.430. The van der Waals surface area contributed by atoms with Crippen LogP contribution in [0.15, 0.2) is 18.2 Å². The molecule has 20 heavy (non-hydrogen) atoms. The van der Waals surface area contributed by atoms with Crippen LogP contribution in [-0.2, 0) is 12.8 Å². The maximum absolute atomic E-state index is 10.8. The molecule has 1 heterocycles. The van der Waals surface area contributed by atoms with Gasteiger partial charge in [0, 0.05) is 6.42 Å². The summed E-state index contributed by atoms with van der Waals surface area (Å²) in [6.07, 6.45) is 8.50. The van der Waals surface area contributed by atoms with Crippen molar-refractivity contribution in [2.75, 3.05) is 6.61 Å². The zero-order valence-electron chi connectivity index (χ0n) is 12.5. The second kappa shape index (κ2) is 5.77. The highest BCUT2D eigenvalue weighted by atomic mass is 16.5. The Balaban J connectivity index is 1.61. The van der Waals surface area contributed by atoms with Crippen LogP contribution in [0, 0.1) is 5.92 Å². The van der Waals surface area contributed by atoms with Crippen LogP contribution in [0.5, 0.6) is 5.75 Å². The van der Waals surface area contributed by atoms with Crippen molar-refractivity contribution in [1.29, 1.82) is 0 Å². The van der Waals surface area contributed by atoms with Crippen LogP contribution in [0.4, 0.5) is 0 Å². The minimum absolute atomic E-state index is 0.430. The number of hydrogen-bond donors (Lipinski definition) is 1. The number of fused-ring (bicyclic) bond motifs is 1. The second-order valence-corrected chi connectivity index (χ2v) is 6.80. The Morgan fingerprint density at radius 3 is 3.10 bits per heavy atom. The van der Waals surface area contributed by atoms with Gasteiger partial charge in [0.1, 0.15) is 5.75 Å². The third-order valence-electron chi connectivity index (χ3n) is 5.07. The molecule has 1 aromatic rings. The largest absolute Gasteiger partial charge is 0.493 e. The number of aliphatic hydroxyl groups is 1. The molecule has 2 unspecified atom stereocenters. The lowest BCUT2D eigenvalue weighted by molar-refractivity contribution is 0.0159. The van der Waals surface area contributed by atoms with Crippen LogP contribution >= 0.6 is 0 Å². The lowest BCUT2D eigenvalue weighted by atomic mass is 9.87. The molecule has 1 aromatic carbocycles. The Bertz CT molecular complexity index is 468. The van der Waals surface area contributed by atoms with Crippen molar-refractivity contribution in [3.63, 3.8) is 0 Å². The first-order valence-corrected chi connectivity index (χ1v) is 8.12. The van der Waals surface area contributed by atoms with Gasteiger partial charge in [-0.05, 0) is 55.2 Å². The molecule has 2 nitrogen and oxygen atoms in total. The van der Waals surface area contributed by atoms with E-state index in [4.69, 9.17) is 4.74 Å². The highest BCUT2D eigenvalue weighted by molar-refractivity contribution is 5.39. The first-order chi connectivity index (χ1) is 9.65. The van der Waals surface area contributed by atoms with E-state index in [0.29, 0.717) is 0 Å². The summed E-state index contributed by atoms with van der Waals surface area (Å²) in [5, 5.41) is 10.8. The highest BCUT2D eigenvalue weighted by Gasteiger charge is 2.29. The number of rotatable bonds is 3. The van der Waals surface area contributed by atoms with Crippen molar-refractivity contribution in [1.82, 2.24) is 0 Å². The number of hydrogen-bond acceptors (Lipinski definition) is 2. The smallest absolute Gasteiger partial charge is 0.122 e. The molecule has 3 rings (SSSR count). The van der Waals surface area contributed by atoms with E-state index >= 15 is 0 Å². The van der Waals surface area contributed by atoms with Gasteiger partial charge in [0.25, 0.3) is 0 Å². The van der Waals surface area contributed by atoms with Crippen molar-refractivity contribution in [2.45, 2.75) is 63.9 Å². The maximum atomic E-state index is 10.8. The van der Waals surface area contributed by atoms with E-state index in [9.17, 15) is 5.11 Å². The molecular formula is C18H26O2. The van der Waals surface area contributed by atoms with Gasteiger partial charge < -0.3 is 9.84 Å². The van der Waals surface area contributed by atoms with Crippen LogP contribution in [-0.4, -0.2) is 17.3 Å². The fourth-order valence-electron chi connectivity index (χ4n) is 3.59. The average Bonchev–Trinajstić information content (AvgIpc) is 2.84. The standard InChI is InChI=1S/C18H26O2/c1-14-3-2-9-18(19,10-6-14)11-7-15-4-5-17-16(13-15)8-12-20-17/h4-5,13-14,19H,2-3,6-12H2,1H3. The van der Waals surface area contributed by atoms with Gasteiger partial charge in [-0.1, -0.05) is 31.9 Å². The first-order valence-electron chi connectivity index (χ1n) is 8.12. The highest BCUT2D eigenvalue weighted by Crippen LogP contribution is 2.34. The second-order valence-electron chi connectivity index (χ2n) is 6.80. The lowest BCUT2D eigenvalue weighted by Crippen LogP contribution is -2.28. The van der Waals surface area contributed by atoms with Crippen molar-refractivity contribution in [3.8, 4) is 5.75 Å². The van der Waals surface area contributed by atoms with Crippen LogP contribution in [0.1, 0.15) is 56.6 Å². The molecule has 0 radical (unpaired) electrons. The topological polar surface area (TPSA) is 29.5 Å². The van der Waals surface area contributed by atoms with Crippen molar-refractivity contribution < 1.29 is 9.84 Å². The predicted octanol–water partition coefficient (Wildman–Crippen LogP) is 3.89. The number of ether oxygens (including phenoxy) is 1. The molecule has 1 fully saturated rings.